The van der Waals surface area contributed by atoms with Gasteiger partial charge in [-0.2, -0.15) is 11.8 Å². The molecule has 150 valence electrons. The molecule has 0 saturated heterocycles. The Balaban J connectivity index is 3.58. The average molecular weight is 374 g/mol. The van der Waals surface area contributed by atoms with Gasteiger partial charge in [-0.05, 0) is 19.3 Å². The number of thioether (sulfide) groups is 1. The average Bonchev–Trinajstić information content (AvgIpc) is 2.63. The fourth-order valence-electron chi connectivity index (χ4n) is 3.15. The van der Waals surface area contributed by atoms with Gasteiger partial charge in [0.15, 0.2) is 0 Å². The summed E-state index contributed by atoms with van der Waals surface area (Å²) in [5.41, 5.74) is 5.69. The second kappa shape index (κ2) is 20.1. The first-order valence-corrected chi connectivity index (χ1v) is 11.7. The predicted molar refractivity (Wildman–Crippen MR) is 112 cm³/mol. The lowest BCUT2D eigenvalue weighted by atomic mass is 10.0. The molecule has 0 aromatic carbocycles. The van der Waals surface area contributed by atoms with Crippen LogP contribution >= 0.6 is 11.8 Å². The van der Waals surface area contributed by atoms with Crippen LogP contribution in [0.3, 0.4) is 0 Å². The molecule has 0 radical (unpaired) electrons. The number of rotatable bonds is 19. The third kappa shape index (κ3) is 18.4. The van der Waals surface area contributed by atoms with Gasteiger partial charge >= 0.3 is 5.97 Å². The summed E-state index contributed by atoms with van der Waals surface area (Å²) in [5.74, 6) is 1.03. The van der Waals surface area contributed by atoms with E-state index in [1.54, 1.807) is 0 Å². The van der Waals surface area contributed by atoms with Crippen LogP contribution in [0.4, 0.5) is 0 Å². The van der Waals surface area contributed by atoms with Crippen LogP contribution in [0.1, 0.15) is 103 Å². The maximum Gasteiger partial charge on any atom is 0.305 e. The first kappa shape index (κ1) is 24.8. The molecule has 0 aliphatic heterocycles. The van der Waals surface area contributed by atoms with Crippen LogP contribution in [0.5, 0.6) is 0 Å². The SMILES string of the molecule is CCCCCCCCC(CCCCCCCCC(=O)OC)SCCN. The zero-order chi connectivity index (χ0) is 18.6. The third-order valence-corrected chi connectivity index (χ3v) is 6.15. The minimum atomic E-state index is -0.0746. The zero-order valence-electron chi connectivity index (χ0n) is 16.9. The fraction of sp³-hybridized carbons (Fsp3) is 0.952. The lowest BCUT2D eigenvalue weighted by Crippen LogP contribution is -2.09. The van der Waals surface area contributed by atoms with E-state index >= 15 is 0 Å². The molecule has 0 spiro atoms. The zero-order valence-corrected chi connectivity index (χ0v) is 17.7. The quantitative estimate of drug-likeness (QED) is 0.220. The largest absolute Gasteiger partial charge is 0.469 e. The number of hydrogen-bond acceptors (Lipinski definition) is 4. The minimum Gasteiger partial charge on any atom is -0.469 e. The molecule has 2 N–H and O–H groups in total. The molecule has 0 aromatic rings. The Bertz CT molecular complexity index is 287. The maximum atomic E-state index is 11.0. The molecule has 1 unspecified atom stereocenters. The van der Waals surface area contributed by atoms with Gasteiger partial charge in [-0.15, -0.1) is 0 Å². The van der Waals surface area contributed by atoms with E-state index in [2.05, 4.69) is 23.4 Å². The molecule has 0 fully saturated rings. The van der Waals surface area contributed by atoms with E-state index < -0.39 is 0 Å². The number of hydrogen-bond donors (Lipinski definition) is 1. The summed E-state index contributed by atoms with van der Waals surface area (Å²) in [6.07, 6.45) is 19.0. The molecule has 0 bridgehead atoms. The molecule has 0 amide bonds. The Morgan fingerprint density at radius 1 is 0.880 bits per heavy atom. The topological polar surface area (TPSA) is 52.3 Å². The highest BCUT2D eigenvalue weighted by Crippen LogP contribution is 2.24. The number of esters is 1. The Morgan fingerprint density at radius 3 is 1.92 bits per heavy atom. The standard InChI is InChI=1S/C21H43NO2S/c1-3-4-5-6-9-12-15-20(25-19-18-22)16-13-10-7-8-11-14-17-21(23)24-2/h20H,3-19,22H2,1-2H3. The van der Waals surface area contributed by atoms with E-state index in [0.29, 0.717) is 6.42 Å². The minimum absolute atomic E-state index is 0.0746. The monoisotopic (exact) mass is 373 g/mol. The van der Waals surface area contributed by atoms with Crippen LogP contribution in [-0.2, 0) is 9.53 Å². The normalized spacial score (nSPS) is 12.3. The van der Waals surface area contributed by atoms with Crippen molar-refractivity contribution in [2.45, 2.75) is 108 Å². The molecule has 0 heterocycles. The van der Waals surface area contributed by atoms with Crippen LogP contribution in [0.15, 0.2) is 0 Å². The van der Waals surface area contributed by atoms with E-state index in [0.717, 1.165) is 30.4 Å². The van der Waals surface area contributed by atoms with E-state index in [1.165, 1.54) is 84.2 Å². The van der Waals surface area contributed by atoms with Crippen LogP contribution in [0, 0.1) is 0 Å². The highest BCUT2D eigenvalue weighted by atomic mass is 32.2. The van der Waals surface area contributed by atoms with E-state index in [1.807, 2.05) is 0 Å². The van der Waals surface area contributed by atoms with E-state index in [4.69, 9.17) is 5.73 Å². The number of methoxy groups -OCH3 is 1. The molecule has 3 nitrogen and oxygen atoms in total. The van der Waals surface area contributed by atoms with Crippen molar-refractivity contribution < 1.29 is 9.53 Å². The molecule has 0 aliphatic carbocycles. The first-order chi connectivity index (χ1) is 12.2. The van der Waals surface area contributed by atoms with Gasteiger partial charge in [-0.1, -0.05) is 77.6 Å². The second-order valence-electron chi connectivity index (χ2n) is 7.07. The number of ether oxygens (including phenoxy) is 1. The van der Waals surface area contributed by atoms with Crippen molar-refractivity contribution in [3.63, 3.8) is 0 Å². The Kier molecular flexibility index (Phi) is 19.9. The Labute approximate surface area is 161 Å². The van der Waals surface area contributed by atoms with Crippen LogP contribution in [0.2, 0.25) is 0 Å². The van der Waals surface area contributed by atoms with Crippen molar-refractivity contribution in [2.75, 3.05) is 19.4 Å². The van der Waals surface area contributed by atoms with Gasteiger partial charge in [0, 0.05) is 24.0 Å². The van der Waals surface area contributed by atoms with Gasteiger partial charge in [0.05, 0.1) is 7.11 Å². The van der Waals surface area contributed by atoms with E-state index in [9.17, 15) is 4.79 Å². The molecular weight excluding hydrogens is 330 g/mol. The van der Waals surface area contributed by atoms with E-state index in [-0.39, 0.29) is 5.97 Å². The Hall–Kier alpha value is -0.220. The number of unbranched alkanes of at least 4 members (excludes halogenated alkanes) is 10. The lowest BCUT2D eigenvalue weighted by molar-refractivity contribution is -0.140. The van der Waals surface area contributed by atoms with Crippen molar-refractivity contribution >= 4 is 17.7 Å². The summed E-state index contributed by atoms with van der Waals surface area (Å²) < 4.78 is 4.66. The summed E-state index contributed by atoms with van der Waals surface area (Å²) in [7, 11) is 1.46. The Morgan fingerprint density at radius 2 is 1.40 bits per heavy atom. The predicted octanol–water partition coefficient (Wildman–Crippen LogP) is 6.09. The summed E-state index contributed by atoms with van der Waals surface area (Å²) in [4.78, 5) is 11.0. The molecular formula is C21H43NO2S. The molecule has 0 aromatic heterocycles. The number of carbonyl (C=O) groups is 1. The summed E-state index contributed by atoms with van der Waals surface area (Å²) in [6.45, 7) is 3.08. The first-order valence-electron chi connectivity index (χ1n) is 10.6. The molecule has 0 rings (SSSR count). The lowest BCUT2D eigenvalue weighted by Gasteiger charge is -2.16. The van der Waals surface area contributed by atoms with Crippen LogP contribution in [0.25, 0.3) is 0 Å². The third-order valence-electron chi connectivity index (χ3n) is 4.74. The van der Waals surface area contributed by atoms with Crippen LogP contribution < -0.4 is 5.73 Å². The summed E-state index contributed by atoms with van der Waals surface area (Å²) in [5, 5.41) is 0.814. The highest BCUT2D eigenvalue weighted by molar-refractivity contribution is 7.99. The van der Waals surface area contributed by atoms with Gasteiger partial charge in [-0.25, -0.2) is 0 Å². The van der Waals surface area contributed by atoms with Crippen molar-refractivity contribution in [2.24, 2.45) is 5.73 Å². The maximum absolute atomic E-state index is 11.0. The second-order valence-corrected chi connectivity index (χ2v) is 8.48. The number of carbonyl (C=O) groups excluding carboxylic acids is 1. The van der Waals surface area contributed by atoms with Gasteiger partial charge in [0.1, 0.15) is 0 Å². The highest BCUT2D eigenvalue weighted by Gasteiger charge is 2.08. The molecule has 4 heteroatoms. The van der Waals surface area contributed by atoms with Gasteiger partial charge < -0.3 is 10.5 Å². The molecule has 1 atom stereocenters. The smallest absolute Gasteiger partial charge is 0.305 e. The van der Waals surface area contributed by atoms with Crippen LogP contribution in [-0.4, -0.2) is 30.6 Å². The van der Waals surface area contributed by atoms with Crippen molar-refractivity contribution in [1.82, 2.24) is 0 Å². The fourth-order valence-corrected chi connectivity index (χ4v) is 4.28. The van der Waals surface area contributed by atoms with Gasteiger partial charge in [0.2, 0.25) is 0 Å². The van der Waals surface area contributed by atoms with Crippen molar-refractivity contribution in [3.8, 4) is 0 Å². The summed E-state index contributed by atoms with van der Waals surface area (Å²) >= 11 is 2.09. The summed E-state index contributed by atoms with van der Waals surface area (Å²) in [6, 6.07) is 0. The number of nitrogens with two attached hydrogens (primary N) is 1. The van der Waals surface area contributed by atoms with Gasteiger partial charge in [-0.3, -0.25) is 4.79 Å². The molecule has 0 aliphatic rings. The van der Waals surface area contributed by atoms with Crippen molar-refractivity contribution in [3.05, 3.63) is 0 Å². The van der Waals surface area contributed by atoms with Crippen molar-refractivity contribution in [1.29, 1.82) is 0 Å². The van der Waals surface area contributed by atoms with Gasteiger partial charge in [0.25, 0.3) is 0 Å². The molecule has 0 saturated carbocycles. The molecule has 25 heavy (non-hydrogen) atoms.